The van der Waals surface area contributed by atoms with Crippen molar-refractivity contribution in [3.8, 4) is 0 Å². The van der Waals surface area contributed by atoms with E-state index in [0.29, 0.717) is 15.7 Å². The first-order valence-corrected chi connectivity index (χ1v) is 9.33. The number of amides is 1. The Morgan fingerprint density at radius 2 is 1.71 bits per heavy atom. The van der Waals surface area contributed by atoms with E-state index in [0.717, 1.165) is 0 Å². The number of carbonyl (C=O) groups is 1. The zero-order valence-electron chi connectivity index (χ0n) is 12.9. The molecular weight excluding hydrogens is 371 g/mol. The van der Waals surface area contributed by atoms with E-state index >= 15 is 0 Å². The van der Waals surface area contributed by atoms with Gasteiger partial charge in [-0.25, -0.2) is 13.1 Å². The predicted molar refractivity (Wildman–Crippen MR) is 96.1 cm³/mol. The number of nitrogens with zero attached hydrogens (tertiary/aromatic N) is 1. The summed E-state index contributed by atoms with van der Waals surface area (Å²) in [6.45, 7) is 1.61. The third kappa shape index (κ3) is 4.70. The molecular formula is C16H16Cl2N2O3S. The number of carbonyl (C=O) groups excluding carboxylic acids is 1. The van der Waals surface area contributed by atoms with Gasteiger partial charge in [0.2, 0.25) is 15.9 Å². The maximum absolute atomic E-state index is 12.2. The second-order valence-electron chi connectivity index (χ2n) is 4.97. The van der Waals surface area contributed by atoms with Gasteiger partial charge in [-0.2, -0.15) is 0 Å². The van der Waals surface area contributed by atoms with Crippen molar-refractivity contribution in [1.82, 2.24) is 4.72 Å². The Labute approximate surface area is 151 Å². The van der Waals surface area contributed by atoms with E-state index in [1.807, 2.05) is 0 Å². The average Bonchev–Trinajstić information content (AvgIpc) is 2.53. The highest BCUT2D eigenvalue weighted by Gasteiger charge is 2.17. The van der Waals surface area contributed by atoms with Crippen molar-refractivity contribution in [2.24, 2.45) is 0 Å². The molecule has 0 aliphatic carbocycles. The first-order chi connectivity index (χ1) is 11.3. The Balaban J connectivity index is 2.07. The average molecular weight is 387 g/mol. The molecule has 1 amide bonds. The van der Waals surface area contributed by atoms with E-state index in [-0.39, 0.29) is 23.9 Å². The molecule has 24 heavy (non-hydrogen) atoms. The highest BCUT2D eigenvalue weighted by atomic mass is 35.5. The molecule has 1 N–H and O–H groups in total. The second-order valence-corrected chi connectivity index (χ2v) is 7.58. The number of benzene rings is 2. The Kier molecular flexibility index (Phi) is 6.23. The van der Waals surface area contributed by atoms with Crippen molar-refractivity contribution in [3.05, 3.63) is 58.6 Å². The van der Waals surface area contributed by atoms with Gasteiger partial charge in [-0.15, -0.1) is 0 Å². The smallest absolute Gasteiger partial charge is 0.240 e. The standard InChI is InChI=1S/C16H16Cl2N2O3S/c1-12(21)20(16-5-3-2-4-15(16)18)11-10-19-24(22,23)14-8-6-13(17)7-9-14/h2-9,19H,10-11H2,1H3. The molecule has 2 aromatic carbocycles. The Morgan fingerprint density at radius 1 is 1.08 bits per heavy atom. The zero-order chi connectivity index (χ0) is 17.7. The molecule has 2 aromatic rings. The molecule has 5 nitrogen and oxygen atoms in total. The summed E-state index contributed by atoms with van der Waals surface area (Å²) in [5, 5.41) is 0.878. The zero-order valence-corrected chi connectivity index (χ0v) is 15.2. The fourth-order valence-electron chi connectivity index (χ4n) is 2.11. The van der Waals surface area contributed by atoms with Gasteiger partial charge in [0.1, 0.15) is 0 Å². The number of hydrogen-bond acceptors (Lipinski definition) is 3. The SMILES string of the molecule is CC(=O)N(CCNS(=O)(=O)c1ccc(Cl)cc1)c1ccccc1Cl. The maximum Gasteiger partial charge on any atom is 0.240 e. The van der Waals surface area contributed by atoms with Crippen molar-refractivity contribution in [2.75, 3.05) is 18.0 Å². The lowest BCUT2D eigenvalue weighted by Gasteiger charge is -2.22. The first-order valence-electron chi connectivity index (χ1n) is 7.09. The van der Waals surface area contributed by atoms with Gasteiger partial charge in [0.05, 0.1) is 15.6 Å². The topological polar surface area (TPSA) is 66.5 Å². The molecule has 0 saturated carbocycles. The lowest BCUT2D eigenvalue weighted by molar-refractivity contribution is -0.116. The minimum absolute atomic E-state index is 0.0514. The number of hydrogen-bond donors (Lipinski definition) is 1. The van der Waals surface area contributed by atoms with E-state index in [9.17, 15) is 13.2 Å². The summed E-state index contributed by atoms with van der Waals surface area (Å²) >= 11 is 11.9. The molecule has 0 saturated heterocycles. The molecule has 0 aliphatic rings. The predicted octanol–water partition coefficient (Wildman–Crippen LogP) is 3.32. The monoisotopic (exact) mass is 386 g/mol. The van der Waals surface area contributed by atoms with Gasteiger partial charge in [0.15, 0.2) is 0 Å². The number of sulfonamides is 1. The third-order valence-corrected chi connectivity index (χ3v) is 5.32. The van der Waals surface area contributed by atoms with Crippen LogP contribution in [-0.4, -0.2) is 27.4 Å². The van der Waals surface area contributed by atoms with Crippen LogP contribution in [0, 0.1) is 0 Å². The normalized spacial score (nSPS) is 11.3. The van der Waals surface area contributed by atoms with Crippen LogP contribution in [0.25, 0.3) is 0 Å². The summed E-state index contributed by atoms with van der Waals surface area (Å²) in [4.78, 5) is 13.4. The van der Waals surface area contributed by atoms with Gasteiger partial charge < -0.3 is 4.90 Å². The molecule has 128 valence electrons. The van der Waals surface area contributed by atoms with Crippen molar-refractivity contribution in [3.63, 3.8) is 0 Å². The third-order valence-electron chi connectivity index (χ3n) is 3.27. The maximum atomic E-state index is 12.2. The molecule has 8 heteroatoms. The van der Waals surface area contributed by atoms with Crippen molar-refractivity contribution in [2.45, 2.75) is 11.8 Å². The van der Waals surface area contributed by atoms with Crippen LogP contribution in [0.5, 0.6) is 0 Å². The van der Waals surface area contributed by atoms with E-state index in [1.54, 1.807) is 24.3 Å². The van der Waals surface area contributed by atoms with Crippen LogP contribution in [0.3, 0.4) is 0 Å². The summed E-state index contributed by atoms with van der Waals surface area (Å²) in [5.74, 6) is -0.228. The number of anilines is 1. The molecule has 0 fully saturated rings. The van der Waals surface area contributed by atoms with Gasteiger partial charge in [0.25, 0.3) is 0 Å². The van der Waals surface area contributed by atoms with Crippen LogP contribution >= 0.6 is 23.2 Å². The molecule has 0 radical (unpaired) electrons. The lowest BCUT2D eigenvalue weighted by Crippen LogP contribution is -2.37. The highest BCUT2D eigenvalue weighted by Crippen LogP contribution is 2.25. The minimum Gasteiger partial charge on any atom is -0.310 e. The fourth-order valence-corrected chi connectivity index (χ4v) is 3.49. The molecule has 0 bridgehead atoms. The lowest BCUT2D eigenvalue weighted by atomic mass is 10.3. The molecule has 0 aliphatic heterocycles. The summed E-state index contributed by atoms with van der Waals surface area (Å²) < 4.78 is 26.9. The van der Waals surface area contributed by atoms with E-state index in [1.165, 1.54) is 36.1 Å². The van der Waals surface area contributed by atoms with Crippen molar-refractivity contribution >= 4 is 44.8 Å². The molecule has 0 unspecified atom stereocenters. The summed E-state index contributed by atoms with van der Waals surface area (Å²) in [5.41, 5.74) is 0.539. The van der Waals surface area contributed by atoms with E-state index < -0.39 is 10.0 Å². The molecule has 0 heterocycles. The molecule has 2 rings (SSSR count). The molecule has 0 aromatic heterocycles. The molecule has 0 atom stereocenters. The summed E-state index contributed by atoms with van der Waals surface area (Å²) in [7, 11) is -3.67. The van der Waals surface area contributed by atoms with E-state index in [2.05, 4.69) is 4.72 Å². The number of halogens is 2. The van der Waals surface area contributed by atoms with Crippen LogP contribution in [0.1, 0.15) is 6.92 Å². The second kappa shape index (κ2) is 7.98. The van der Waals surface area contributed by atoms with Gasteiger partial charge >= 0.3 is 0 Å². The Bertz CT molecular complexity index is 823. The number of rotatable bonds is 6. The Hall–Kier alpha value is -1.60. The van der Waals surface area contributed by atoms with Crippen LogP contribution in [-0.2, 0) is 14.8 Å². The van der Waals surface area contributed by atoms with Gasteiger partial charge in [-0.1, -0.05) is 35.3 Å². The van der Waals surface area contributed by atoms with E-state index in [4.69, 9.17) is 23.2 Å². The van der Waals surface area contributed by atoms with Crippen LogP contribution in [0.2, 0.25) is 10.0 Å². The van der Waals surface area contributed by atoms with Crippen molar-refractivity contribution < 1.29 is 13.2 Å². The van der Waals surface area contributed by atoms with Gasteiger partial charge in [-0.05, 0) is 36.4 Å². The van der Waals surface area contributed by atoms with Gasteiger partial charge in [0, 0.05) is 25.0 Å². The summed E-state index contributed by atoms with van der Waals surface area (Å²) in [6, 6.07) is 12.7. The van der Waals surface area contributed by atoms with Crippen LogP contribution in [0.15, 0.2) is 53.4 Å². The summed E-state index contributed by atoms with van der Waals surface area (Å²) in [6.07, 6.45) is 0. The minimum atomic E-state index is -3.67. The first kappa shape index (κ1) is 18.7. The van der Waals surface area contributed by atoms with Crippen LogP contribution < -0.4 is 9.62 Å². The Morgan fingerprint density at radius 3 is 2.29 bits per heavy atom. The largest absolute Gasteiger partial charge is 0.310 e. The van der Waals surface area contributed by atoms with Crippen molar-refractivity contribution in [1.29, 1.82) is 0 Å². The number of nitrogens with one attached hydrogen (secondary N) is 1. The fraction of sp³-hybridized carbons (Fsp3) is 0.188. The quantitative estimate of drug-likeness (QED) is 0.827. The number of para-hydroxylation sites is 1. The molecule has 0 spiro atoms. The van der Waals surface area contributed by atoms with Crippen LogP contribution in [0.4, 0.5) is 5.69 Å². The van der Waals surface area contributed by atoms with Gasteiger partial charge in [-0.3, -0.25) is 4.79 Å². The highest BCUT2D eigenvalue weighted by molar-refractivity contribution is 7.89.